The zero-order valence-electron chi connectivity index (χ0n) is 20.2. The molecule has 1 aliphatic heterocycles. The summed E-state index contributed by atoms with van der Waals surface area (Å²) in [7, 11) is 3.36. The summed E-state index contributed by atoms with van der Waals surface area (Å²) in [5, 5.41) is 1.50. The lowest BCUT2D eigenvalue weighted by Gasteiger charge is -2.34. The van der Waals surface area contributed by atoms with Crippen LogP contribution in [-0.4, -0.2) is 48.1 Å². The number of aromatic nitrogens is 3. The van der Waals surface area contributed by atoms with Crippen LogP contribution in [0.5, 0.6) is 0 Å². The van der Waals surface area contributed by atoms with E-state index in [-0.39, 0.29) is 6.29 Å². The average molecular weight is 481 g/mol. The molecule has 1 aliphatic rings. The Kier molecular flexibility index (Phi) is 6.67. The van der Waals surface area contributed by atoms with Crippen LogP contribution in [0.25, 0.3) is 32.9 Å². The predicted molar refractivity (Wildman–Crippen MR) is 134 cm³/mol. The van der Waals surface area contributed by atoms with Gasteiger partial charge in [0.25, 0.3) is 0 Å². The van der Waals surface area contributed by atoms with Crippen molar-refractivity contribution in [3.8, 4) is 11.1 Å². The van der Waals surface area contributed by atoms with Gasteiger partial charge in [0.2, 0.25) is 0 Å². The van der Waals surface area contributed by atoms with Crippen LogP contribution in [0, 0.1) is 12.8 Å². The minimum absolute atomic E-state index is 0.150. The summed E-state index contributed by atoms with van der Waals surface area (Å²) in [6.45, 7) is 1.30. The summed E-state index contributed by atoms with van der Waals surface area (Å²) >= 11 is 0. The van der Waals surface area contributed by atoms with Gasteiger partial charge < -0.3 is 14.4 Å². The largest absolute Gasteiger partial charge is 0.356 e. The number of hydrogen-bond donors (Lipinski definition) is 0. The molecule has 0 atom stereocenters. The molecule has 0 bridgehead atoms. The molecular formula is C27H30F2N4O2. The lowest BCUT2D eigenvalue weighted by molar-refractivity contribution is -0.115. The summed E-state index contributed by atoms with van der Waals surface area (Å²) < 4.78 is 39.7. The van der Waals surface area contributed by atoms with Gasteiger partial charge in [-0.05, 0) is 55.0 Å². The van der Waals surface area contributed by atoms with Crippen LogP contribution in [0.3, 0.4) is 0 Å². The van der Waals surface area contributed by atoms with Crippen LogP contribution in [0.15, 0.2) is 48.9 Å². The monoisotopic (exact) mass is 480 g/mol. The second-order valence-electron chi connectivity index (χ2n) is 9.20. The standard InChI is InChI=1S/C27H30F2N4O2/c1-17-12-20(15-31-26(17)32-10-7-18(8-11-32)13-25(34-2)35-3)19-4-5-21-22-16-30-9-6-23(22)33(27(28)29)24(21)14-19/h4-6,9,12,14-16,18,25,27H,7-8,10-11,13H2,1-3H3. The van der Waals surface area contributed by atoms with Crippen molar-refractivity contribution >= 4 is 27.6 Å². The molecule has 8 heteroatoms. The zero-order valence-corrected chi connectivity index (χ0v) is 20.2. The van der Waals surface area contributed by atoms with E-state index < -0.39 is 6.55 Å². The molecule has 5 rings (SSSR count). The molecule has 0 saturated carbocycles. The minimum Gasteiger partial charge on any atom is -0.356 e. The number of piperidine rings is 1. The molecule has 1 saturated heterocycles. The van der Waals surface area contributed by atoms with Gasteiger partial charge in [0, 0.05) is 68.7 Å². The van der Waals surface area contributed by atoms with Gasteiger partial charge in [0.05, 0.1) is 11.0 Å². The molecule has 4 aromatic rings. The number of methoxy groups -OCH3 is 2. The molecule has 0 radical (unpaired) electrons. The van der Waals surface area contributed by atoms with Gasteiger partial charge in [-0.1, -0.05) is 12.1 Å². The number of alkyl halides is 2. The Labute approximate surface area is 203 Å². The number of anilines is 1. The first-order valence-electron chi connectivity index (χ1n) is 11.9. The topological polar surface area (TPSA) is 52.4 Å². The Bertz CT molecular complexity index is 1330. The van der Waals surface area contributed by atoms with E-state index >= 15 is 0 Å². The van der Waals surface area contributed by atoms with E-state index in [1.54, 1.807) is 32.7 Å². The van der Waals surface area contributed by atoms with Gasteiger partial charge in [-0.25, -0.2) is 4.98 Å². The van der Waals surface area contributed by atoms with Gasteiger partial charge in [0.15, 0.2) is 6.29 Å². The maximum Gasteiger partial charge on any atom is 0.319 e. The highest BCUT2D eigenvalue weighted by molar-refractivity contribution is 6.08. The van der Waals surface area contributed by atoms with E-state index in [1.807, 2.05) is 24.4 Å². The van der Waals surface area contributed by atoms with Crippen molar-refractivity contribution in [3.63, 3.8) is 0 Å². The quantitative estimate of drug-likeness (QED) is 0.296. The van der Waals surface area contributed by atoms with Crippen LogP contribution >= 0.6 is 0 Å². The highest BCUT2D eigenvalue weighted by atomic mass is 19.3. The lowest BCUT2D eigenvalue weighted by Crippen LogP contribution is -2.36. The third kappa shape index (κ3) is 4.48. The highest BCUT2D eigenvalue weighted by Gasteiger charge is 2.24. The molecular weight excluding hydrogens is 450 g/mol. The Balaban J connectivity index is 1.39. The second-order valence-corrected chi connectivity index (χ2v) is 9.20. The van der Waals surface area contributed by atoms with E-state index in [2.05, 4.69) is 22.9 Å². The number of pyridine rings is 2. The first-order chi connectivity index (χ1) is 17.0. The summed E-state index contributed by atoms with van der Waals surface area (Å²) in [5.74, 6) is 1.55. The van der Waals surface area contributed by atoms with Crippen molar-refractivity contribution in [2.75, 3.05) is 32.2 Å². The summed E-state index contributed by atoms with van der Waals surface area (Å²) in [5.41, 5.74) is 3.83. The number of ether oxygens (including phenoxy) is 2. The molecule has 0 aliphatic carbocycles. The maximum absolute atomic E-state index is 14.0. The van der Waals surface area contributed by atoms with Crippen LogP contribution < -0.4 is 4.90 Å². The fraction of sp³-hybridized carbons (Fsp3) is 0.407. The number of fused-ring (bicyclic) bond motifs is 3. The fourth-order valence-electron chi connectivity index (χ4n) is 5.28. The van der Waals surface area contributed by atoms with Gasteiger partial charge in [-0.15, -0.1) is 0 Å². The first-order valence-corrected chi connectivity index (χ1v) is 11.9. The smallest absolute Gasteiger partial charge is 0.319 e. The van der Waals surface area contributed by atoms with Crippen LogP contribution in [0.4, 0.5) is 14.6 Å². The van der Waals surface area contributed by atoms with Crippen molar-refractivity contribution in [3.05, 3.63) is 54.5 Å². The van der Waals surface area contributed by atoms with E-state index in [0.717, 1.165) is 70.2 Å². The van der Waals surface area contributed by atoms with E-state index in [9.17, 15) is 8.78 Å². The van der Waals surface area contributed by atoms with Crippen LogP contribution in [0.1, 0.15) is 31.4 Å². The molecule has 184 valence electrons. The predicted octanol–water partition coefficient (Wildman–Crippen LogP) is 6.18. The molecule has 1 fully saturated rings. The normalized spacial score (nSPS) is 15.2. The lowest BCUT2D eigenvalue weighted by atomic mass is 9.93. The molecule has 35 heavy (non-hydrogen) atoms. The molecule has 0 N–H and O–H groups in total. The second kappa shape index (κ2) is 9.87. The number of rotatable bonds is 7. The van der Waals surface area contributed by atoms with E-state index in [4.69, 9.17) is 14.5 Å². The van der Waals surface area contributed by atoms with Crippen molar-refractivity contribution < 1.29 is 18.3 Å². The van der Waals surface area contributed by atoms with Crippen molar-refractivity contribution in [2.45, 2.75) is 39.0 Å². The van der Waals surface area contributed by atoms with E-state index in [0.29, 0.717) is 17.0 Å². The van der Waals surface area contributed by atoms with Crippen LogP contribution in [0.2, 0.25) is 0 Å². The maximum atomic E-state index is 14.0. The number of aryl methyl sites for hydroxylation is 1. The molecule has 0 amide bonds. The highest BCUT2D eigenvalue weighted by Crippen LogP contribution is 2.36. The SMILES string of the molecule is COC(CC1CCN(c2ncc(-c3ccc4c5cnccc5n(C(F)F)c4c3)cc2C)CC1)OC. The zero-order chi connectivity index (χ0) is 24.5. The third-order valence-electron chi connectivity index (χ3n) is 7.15. The Hall–Kier alpha value is -3.10. The average Bonchev–Trinajstić information content (AvgIpc) is 3.21. The van der Waals surface area contributed by atoms with Crippen molar-refractivity contribution in [1.29, 1.82) is 0 Å². The molecule has 0 spiro atoms. The van der Waals surface area contributed by atoms with Gasteiger partial charge in [-0.2, -0.15) is 8.78 Å². The molecule has 3 aromatic heterocycles. The summed E-state index contributed by atoms with van der Waals surface area (Å²) in [6, 6.07) is 9.42. The Morgan fingerprint density at radius 1 is 0.971 bits per heavy atom. The molecule has 0 unspecified atom stereocenters. The number of nitrogens with zero attached hydrogens (tertiary/aromatic N) is 4. The van der Waals surface area contributed by atoms with Gasteiger partial charge in [0.1, 0.15) is 5.82 Å². The van der Waals surface area contributed by atoms with E-state index in [1.165, 1.54) is 0 Å². The third-order valence-corrected chi connectivity index (χ3v) is 7.15. The van der Waals surface area contributed by atoms with Gasteiger partial charge >= 0.3 is 6.55 Å². The number of benzene rings is 1. The first kappa shape index (κ1) is 23.6. The summed E-state index contributed by atoms with van der Waals surface area (Å²) in [6.07, 6.45) is 7.92. The molecule has 6 nitrogen and oxygen atoms in total. The Morgan fingerprint density at radius 2 is 1.74 bits per heavy atom. The molecule has 1 aromatic carbocycles. The Morgan fingerprint density at radius 3 is 2.43 bits per heavy atom. The molecule has 4 heterocycles. The summed E-state index contributed by atoms with van der Waals surface area (Å²) in [4.78, 5) is 11.2. The fourth-order valence-corrected chi connectivity index (χ4v) is 5.28. The van der Waals surface area contributed by atoms with Crippen molar-refractivity contribution in [2.24, 2.45) is 5.92 Å². The van der Waals surface area contributed by atoms with Crippen LogP contribution in [-0.2, 0) is 9.47 Å². The van der Waals surface area contributed by atoms with Crippen molar-refractivity contribution in [1.82, 2.24) is 14.5 Å². The number of halogens is 2. The minimum atomic E-state index is -2.64. The van der Waals surface area contributed by atoms with Gasteiger partial charge in [-0.3, -0.25) is 9.55 Å². The number of hydrogen-bond acceptors (Lipinski definition) is 5.